The topological polar surface area (TPSA) is 66.8 Å². The van der Waals surface area contributed by atoms with Gasteiger partial charge in [-0.1, -0.05) is 27.7 Å². The normalized spacial score (nSPS) is 33.5. The number of hydrogen-bond acceptors (Lipinski definition) is 4. The van der Waals surface area contributed by atoms with Gasteiger partial charge in [-0.15, -0.1) is 0 Å². The average Bonchev–Trinajstić information content (AvgIpc) is 2.11. The lowest BCUT2D eigenvalue weighted by Gasteiger charge is -2.48. The van der Waals surface area contributed by atoms with E-state index < -0.39 is 14.1 Å². The first kappa shape index (κ1) is 12.9. The molecule has 1 saturated heterocycles. The van der Waals surface area contributed by atoms with Crippen molar-refractivity contribution in [1.82, 2.24) is 0 Å². The molecule has 15 heavy (non-hydrogen) atoms. The van der Waals surface area contributed by atoms with E-state index in [1.165, 1.54) is 0 Å². The Hall–Kier alpha value is -0.180. The van der Waals surface area contributed by atoms with Crippen LogP contribution in [-0.4, -0.2) is 26.4 Å². The van der Waals surface area contributed by atoms with E-state index >= 15 is 0 Å². The average molecular weight is 234 g/mol. The molecule has 4 nitrogen and oxygen atoms in total. The van der Waals surface area contributed by atoms with Gasteiger partial charge in [-0.2, -0.15) is 5.26 Å². The van der Waals surface area contributed by atoms with E-state index in [1.807, 2.05) is 27.7 Å². The van der Waals surface area contributed by atoms with Crippen molar-refractivity contribution in [2.75, 3.05) is 0 Å². The van der Waals surface area contributed by atoms with Gasteiger partial charge in [0, 0.05) is 18.5 Å². The van der Waals surface area contributed by atoms with E-state index in [0.717, 1.165) is 0 Å². The molecule has 1 fully saturated rings. The molecule has 0 aromatic heterocycles. The summed E-state index contributed by atoms with van der Waals surface area (Å²) in [5.74, 6) is -0.898. The zero-order valence-corrected chi connectivity index (χ0v) is 10.5. The van der Waals surface area contributed by atoms with Gasteiger partial charge in [0.1, 0.15) is 0 Å². The highest BCUT2D eigenvalue weighted by atomic mass is 31.1. The fraction of sp³-hybridized carbons (Fsp3) is 0.900. The van der Waals surface area contributed by atoms with Crippen LogP contribution in [0.4, 0.5) is 0 Å². The number of rotatable bonds is 1. The molecule has 5 heteroatoms. The van der Waals surface area contributed by atoms with Crippen LogP contribution in [0.1, 0.15) is 40.5 Å². The minimum Gasteiger partial charge on any atom is -0.373 e. The molecule has 0 amide bonds. The van der Waals surface area contributed by atoms with Crippen LogP contribution >= 0.6 is 8.15 Å². The molecule has 1 aliphatic heterocycles. The molecule has 1 aliphatic rings. The van der Waals surface area contributed by atoms with Gasteiger partial charge in [0.25, 0.3) is 0 Å². The molecule has 0 unspecified atom stereocenters. The zero-order valence-electron chi connectivity index (χ0n) is 9.65. The van der Waals surface area contributed by atoms with Crippen LogP contribution in [0.2, 0.25) is 0 Å². The van der Waals surface area contributed by atoms with Crippen LogP contribution in [-0.2, 0) is 9.68 Å². The number of hydrogen-bond donors (Lipinski definition) is 2. The Balaban J connectivity index is 2.89. The molecular weight excluding hydrogens is 215 g/mol. The van der Waals surface area contributed by atoms with Crippen LogP contribution in [0, 0.1) is 5.92 Å². The molecule has 0 radical (unpaired) electrons. The van der Waals surface area contributed by atoms with Gasteiger partial charge < -0.3 is 9.78 Å². The van der Waals surface area contributed by atoms with Gasteiger partial charge in [0.15, 0.2) is 0 Å². The molecule has 88 valence electrons. The summed E-state index contributed by atoms with van der Waals surface area (Å²) in [6, 6.07) is 0. The molecular formula is C10H19O4P. The molecule has 1 rings (SSSR count). The van der Waals surface area contributed by atoms with E-state index in [4.69, 9.17) is 5.26 Å². The third-order valence-corrected chi connectivity index (χ3v) is 5.72. The predicted molar refractivity (Wildman–Crippen MR) is 58.7 cm³/mol. The molecule has 2 N–H and O–H groups in total. The Morgan fingerprint density at radius 2 is 1.67 bits per heavy atom. The number of carbonyl (C=O) groups is 1. The SMILES string of the molecule is CC1(C)CC(C(=O)OO)CC(C)(C)P1O. The van der Waals surface area contributed by atoms with Crippen molar-refractivity contribution >= 4 is 14.1 Å². The maximum Gasteiger partial charge on any atom is 0.345 e. The van der Waals surface area contributed by atoms with Crippen molar-refractivity contribution < 1.29 is 19.8 Å². The lowest BCUT2D eigenvalue weighted by molar-refractivity contribution is -0.240. The van der Waals surface area contributed by atoms with Gasteiger partial charge in [-0.3, -0.25) is 0 Å². The summed E-state index contributed by atoms with van der Waals surface area (Å²) in [6.45, 7) is 7.82. The highest BCUT2D eigenvalue weighted by Gasteiger charge is 2.49. The summed E-state index contributed by atoms with van der Waals surface area (Å²) < 4.78 is 0. The van der Waals surface area contributed by atoms with Crippen LogP contribution in [0.25, 0.3) is 0 Å². The maximum atomic E-state index is 11.3. The predicted octanol–water partition coefficient (Wildman–Crippen LogP) is 2.36. The molecule has 1 heterocycles. The Bertz CT molecular complexity index is 244. The highest BCUT2D eigenvalue weighted by molar-refractivity contribution is 7.55. The zero-order chi connectivity index (χ0) is 11.9. The summed E-state index contributed by atoms with van der Waals surface area (Å²) >= 11 is 0. The van der Waals surface area contributed by atoms with Crippen molar-refractivity contribution in [2.45, 2.75) is 50.8 Å². The monoisotopic (exact) mass is 234 g/mol. The second kappa shape index (κ2) is 4.00. The second-order valence-electron chi connectivity index (χ2n) is 5.45. The van der Waals surface area contributed by atoms with Crippen molar-refractivity contribution in [3.8, 4) is 0 Å². The smallest absolute Gasteiger partial charge is 0.345 e. The van der Waals surface area contributed by atoms with Crippen LogP contribution in [0.15, 0.2) is 0 Å². The minimum atomic E-state index is -1.12. The first-order valence-corrected chi connectivity index (χ1v) is 6.34. The Labute approximate surface area is 91.4 Å². The Morgan fingerprint density at radius 3 is 2.00 bits per heavy atom. The second-order valence-corrected chi connectivity index (χ2v) is 8.50. The van der Waals surface area contributed by atoms with E-state index in [2.05, 4.69) is 4.89 Å². The fourth-order valence-electron chi connectivity index (χ4n) is 2.51. The van der Waals surface area contributed by atoms with Crippen molar-refractivity contribution in [1.29, 1.82) is 0 Å². The van der Waals surface area contributed by atoms with Crippen LogP contribution < -0.4 is 0 Å². The van der Waals surface area contributed by atoms with Crippen LogP contribution in [0.5, 0.6) is 0 Å². The van der Waals surface area contributed by atoms with Gasteiger partial charge in [0.05, 0.1) is 5.92 Å². The highest BCUT2D eigenvalue weighted by Crippen LogP contribution is 2.64. The maximum absolute atomic E-state index is 11.3. The van der Waals surface area contributed by atoms with Crippen molar-refractivity contribution in [3.05, 3.63) is 0 Å². The Kier molecular flexibility index (Phi) is 3.44. The minimum absolute atomic E-state index is 0.268. The van der Waals surface area contributed by atoms with Crippen molar-refractivity contribution in [2.24, 2.45) is 5.92 Å². The lowest BCUT2D eigenvalue weighted by atomic mass is 9.87. The van der Waals surface area contributed by atoms with E-state index in [-0.39, 0.29) is 16.2 Å². The third-order valence-electron chi connectivity index (χ3n) is 3.06. The van der Waals surface area contributed by atoms with Crippen LogP contribution in [0.3, 0.4) is 0 Å². The summed E-state index contributed by atoms with van der Waals surface area (Å²) in [5, 5.41) is 7.85. The standard InChI is InChI=1S/C10H19O4P/c1-9(2)5-7(8(11)14-12)6-10(3,4)15(9)13/h7,12-13H,5-6H2,1-4H3. The van der Waals surface area contributed by atoms with Gasteiger partial charge in [0.2, 0.25) is 0 Å². The van der Waals surface area contributed by atoms with E-state index in [9.17, 15) is 9.69 Å². The Morgan fingerprint density at radius 1 is 1.27 bits per heavy atom. The summed E-state index contributed by atoms with van der Waals surface area (Å²) in [5.41, 5.74) is 0. The summed E-state index contributed by atoms with van der Waals surface area (Å²) in [7, 11) is -1.12. The third kappa shape index (κ3) is 2.49. The molecule has 0 aliphatic carbocycles. The molecule has 0 saturated carbocycles. The molecule has 0 atom stereocenters. The van der Waals surface area contributed by atoms with E-state index in [1.54, 1.807) is 0 Å². The molecule has 0 aromatic rings. The fourth-order valence-corrected chi connectivity index (χ4v) is 4.94. The molecule has 0 aromatic carbocycles. The van der Waals surface area contributed by atoms with Gasteiger partial charge in [-0.05, 0) is 12.8 Å². The largest absolute Gasteiger partial charge is 0.373 e. The van der Waals surface area contributed by atoms with Crippen molar-refractivity contribution in [3.63, 3.8) is 0 Å². The molecule has 0 spiro atoms. The summed E-state index contributed by atoms with van der Waals surface area (Å²) in [4.78, 5) is 25.3. The van der Waals surface area contributed by atoms with E-state index in [0.29, 0.717) is 12.8 Å². The lowest BCUT2D eigenvalue weighted by Crippen LogP contribution is -2.42. The van der Waals surface area contributed by atoms with Gasteiger partial charge in [-0.25, -0.2) is 4.79 Å². The number of carbonyl (C=O) groups excluding carboxylic acids is 1. The molecule has 0 bridgehead atoms. The first-order chi connectivity index (χ1) is 6.70. The first-order valence-electron chi connectivity index (χ1n) is 5.05. The summed E-state index contributed by atoms with van der Waals surface area (Å²) in [6.07, 6.45) is 1.13. The quantitative estimate of drug-likeness (QED) is 0.415. The van der Waals surface area contributed by atoms with Gasteiger partial charge >= 0.3 is 5.97 Å².